The van der Waals surface area contributed by atoms with E-state index in [0.717, 1.165) is 28.1 Å². The molecular weight excluding hydrogens is 378 g/mol. The van der Waals surface area contributed by atoms with Crippen molar-refractivity contribution in [2.75, 3.05) is 25.6 Å². The van der Waals surface area contributed by atoms with E-state index in [1.807, 2.05) is 37.6 Å². The first-order chi connectivity index (χ1) is 11.7. The summed E-state index contributed by atoms with van der Waals surface area (Å²) in [5.41, 5.74) is 1.08. The molecule has 1 heterocycles. The van der Waals surface area contributed by atoms with Gasteiger partial charge in [-0.05, 0) is 50.1 Å². The van der Waals surface area contributed by atoms with Gasteiger partial charge in [0.2, 0.25) is 0 Å². The molecule has 0 aliphatic rings. The average molecular weight is 404 g/mol. The summed E-state index contributed by atoms with van der Waals surface area (Å²) in [5, 5.41) is 0. The van der Waals surface area contributed by atoms with Gasteiger partial charge in [-0.2, -0.15) is 0 Å². The van der Waals surface area contributed by atoms with Gasteiger partial charge < -0.3 is 13.3 Å². The summed E-state index contributed by atoms with van der Waals surface area (Å²) in [4.78, 5) is 4.64. The van der Waals surface area contributed by atoms with Crippen LogP contribution in [0.15, 0.2) is 28.6 Å². The molecule has 0 bridgehead atoms. The molecule has 2 rings (SSSR count). The van der Waals surface area contributed by atoms with Crippen molar-refractivity contribution < 1.29 is 13.3 Å². The Morgan fingerprint density at radius 3 is 2.33 bits per heavy atom. The summed E-state index contributed by atoms with van der Waals surface area (Å²) in [7, 11) is 1.10. The van der Waals surface area contributed by atoms with E-state index in [1.165, 1.54) is 4.70 Å². The van der Waals surface area contributed by atoms with E-state index in [1.54, 1.807) is 22.1 Å². The highest BCUT2D eigenvalue weighted by Crippen LogP contribution is 2.37. The molecule has 0 fully saturated rings. The molecule has 0 N–H and O–H groups in total. The number of hydrogen-bond acceptors (Lipinski definition) is 7. The van der Waals surface area contributed by atoms with Crippen molar-refractivity contribution in [1.29, 1.82) is 0 Å². The molecule has 2 aromatic rings. The molecule has 134 valence electrons. The Balaban J connectivity index is 1.77. The zero-order chi connectivity index (χ0) is 17.3. The van der Waals surface area contributed by atoms with Crippen LogP contribution in [0.1, 0.15) is 27.2 Å². The zero-order valence-corrected chi connectivity index (χ0v) is 17.9. The van der Waals surface area contributed by atoms with Crippen LogP contribution >= 0.6 is 32.9 Å². The summed E-state index contributed by atoms with van der Waals surface area (Å²) in [6.45, 7) is 7.91. The number of nitrogens with zero attached hydrogens (tertiary/aromatic N) is 1. The molecule has 24 heavy (non-hydrogen) atoms. The smallest absolute Gasteiger partial charge is 0.374 e. The molecule has 0 atom stereocenters. The van der Waals surface area contributed by atoms with Crippen LogP contribution in [0.3, 0.4) is 0 Å². The van der Waals surface area contributed by atoms with Crippen molar-refractivity contribution in [1.82, 2.24) is 4.98 Å². The van der Waals surface area contributed by atoms with Crippen LogP contribution in [-0.4, -0.2) is 39.4 Å². The minimum Gasteiger partial charge on any atom is -0.374 e. The van der Waals surface area contributed by atoms with Crippen molar-refractivity contribution in [3.63, 3.8) is 0 Å². The molecular formula is C16H25NO3S3Si. The summed E-state index contributed by atoms with van der Waals surface area (Å²) in [6, 6.07) is 9.14. The number of aromatic nitrogens is 1. The van der Waals surface area contributed by atoms with Crippen LogP contribution in [0, 0.1) is 0 Å². The molecule has 0 spiro atoms. The maximum atomic E-state index is 5.88. The maximum Gasteiger partial charge on any atom is 0.500 e. The van der Waals surface area contributed by atoms with Crippen LogP contribution in [0.25, 0.3) is 10.2 Å². The highest BCUT2D eigenvalue weighted by atomic mass is 33.1. The molecule has 0 saturated heterocycles. The predicted molar refractivity (Wildman–Crippen MR) is 108 cm³/mol. The number of para-hydroxylation sites is 1. The van der Waals surface area contributed by atoms with Gasteiger partial charge in [-0.25, -0.2) is 4.98 Å². The van der Waals surface area contributed by atoms with Crippen LogP contribution in [0.2, 0.25) is 6.04 Å². The highest BCUT2D eigenvalue weighted by molar-refractivity contribution is 8.77. The molecule has 0 aliphatic carbocycles. The van der Waals surface area contributed by atoms with Gasteiger partial charge in [0, 0.05) is 31.6 Å². The van der Waals surface area contributed by atoms with Gasteiger partial charge in [-0.3, -0.25) is 0 Å². The van der Waals surface area contributed by atoms with Gasteiger partial charge in [-0.1, -0.05) is 22.9 Å². The Kier molecular flexibility index (Phi) is 9.10. The number of fused-ring (bicyclic) bond motifs is 1. The lowest BCUT2D eigenvalue weighted by Crippen LogP contribution is -2.46. The van der Waals surface area contributed by atoms with E-state index in [9.17, 15) is 0 Å². The lowest BCUT2D eigenvalue weighted by molar-refractivity contribution is 0.0712. The summed E-state index contributed by atoms with van der Waals surface area (Å²) >= 11 is 1.75. The molecule has 0 unspecified atom stereocenters. The Labute approximate surface area is 157 Å². The standard InChI is InChI=1S/C16H25NO3S3Si/c1-4-18-24(19-5-2,20-6-3)13-9-12-21-23-16-17-14-10-7-8-11-15(14)22-16/h7-8,10-11H,4-6,9,12-13H2,1-3H3. The quantitative estimate of drug-likeness (QED) is 0.266. The van der Waals surface area contributed by atoms with Crippen molar-refractivity contribution in [3.05, 3.63) is 24.3 Å². The third kappa shape index (κ3) is 6.01. The third-order valence-corrected chi connectivity index (χ3v) is 10.1. The third-order valence-electron chi connectivity index (χ3n) is 3.21. The second-order valence-corrected chi connectivity index (χ2v) is 11.4. The summed E-state index contributed by atoms with van der Waals surface area (Å²) < 4.78 is 20.0. The first-order valence-corrected chi connectivity index (χ1v) is 13.4. The van der Waals surface area contributed by atoms with Gasteiger partial charge in [0.1, 0.15) is 0 Å². The van der Waals surface area contributed by atoms with Crippen LogP contribution in [0.5, 0.6) is 0 Å². The maximum absolute atomic E-state index is 5.88. The fraction of sp³-hybridized carbons (Fsp3) is 0.562. The summed E-state index contributed by atoms with van der Waals surface area (Å²) in [6.07, 6.45) is 1.02. The number of rotatable bonds is 12. The van der Waals surface area contributed by atoms with Crippen molar-refractivity contribution in [2.45, 2.75) is 37.6 Å². The fourth-order valence-electron chi connectivity index (χ4n) is 2.33. The fourth-order valence-corrected chi connectivity index (χ4v) is 8.64. The minimum atomic E-state index is -2.49. The van der Waals surface area contributed by atoms with E-state index in [2.05, 4.69) is 23.2 Å². The predicted octanol–water partition coefficient (Wildman–Crippen LogP) is 5.48. The second-order valence-electron chi connectivity index (χ2n) is 4.94. The number of hydrogen-bond donors (Lipinski definition) is 0. The van der Waals surface area contributed by atoms with E-state index < -0.39 is 8.80 Å². The van der Waals surface area contributed by atoms with E-state index >= 15 is 0 Å². The SMILES string of the molecule is CCO[Si](CCCSSc1nc2ccccc2s1)(OCC)OCC. The molecule has 0 radical (unpaired) electrons. The zero-order valence-electron chi connectivity index (χ0n) is 14.4. The van der Waals surface area contributed by atoms with Gasteiger partial charge >= 0.3 is 8.80 Å². The number of thiazole rings is 1. The Morgan fingerprint density at radius 1 is 1.04 bits per heavy atom. The molecule has 8 heteroatoms. The molecule has 0 saturated carbocycles. The van der Waals surface area contributed by atoms with Crippen LogP contribution in [0.4, 0.5) is 0 Å². The molecule has 1 aromatic carbocycles. The monoisotopic (exact) mass is 403 g/mol. The van der Waals surface area contributed by atoms with Crippen LogP contribution in [-0.2, 0) is 13.3 Å². The Bertz CT molecular complexity index is 561. The summed E-state index contributed by atoms with van der Waals surface area (Å²) in [5.74, 6) is 1.03. The normalized spacial score (nSPS) is 12.1. The second kappa shape index (κ2) is 10.8. The highest BCUT2D eigenvalue weighted by Gasteiger charge is 2.39. The van der Waals surface area contributed by atoms with E-state index in [-0.39, 0.29) is 0 Å². The first kappa shape index (κ1) is 20.2. The van der Waals surface area contributed by atoms with Gasteiger partial charge in [0.05, 0.1) is 10.2 Å². The lowest BCUT2D eigenvalue weighted by atomic mass is 10.3. The van der Waals surface area contributed by atoms with Gasteiger partial charge in [0.25, 0.3) is 0 Å². The van der Waals surface area contributed by atoms with Gasteiger partial charge in [-0.15, -0.1) is 11.3 Å². The first-order valence-electron chi connectivity index (χ1n) is 8.30. The lowest BCUT2D eigenvalue weighted by Gasteiger charge is -2.28. The Morgan fingerprint density at radius 2 is 1.71 bits per heavy atom. The Hall–Kier alpha value is -0.0931. The van der Waals surface area contributed by atoms with Crippen molar-refractivity contribution in [3.8, 4) is 0 Å². The van der Waals surface area contributed by atoms with E-state index in [0.29, 0.717) is 19.8 Å². The van der Waals surface area contributed by atoms with Crippen LogP contribution < -0.4 is 0 Å². The molecule has 0 amide bonds. The molecule has 0 aliphatic heterocycles. The minimum absolute atomic E-state index is 0.639. The average Bonchev–Trinajstić information content (AvgIpc) is 2.98. The van der Waals surface area contributed by atoms with Crippen molar-refractivity contribution >= 4 is 51.9 Å². The van der Waals surface area contributed by atoms with E-state index in [4.69, 9.17) is 13.3 Å². The number of benzene rings is 1. The van der Waals surface area contributed by atoms with Gasteiger partial charge in [0.15, 0.2) is 4.34 Å². The molecule has 1 aromatic heterocycles. The van der Waals surface area contributed by atoms with Crippen molar-refractivity contribution in [2.24, 2.45) is 0 Å². The largest absolute Gasteiger partial charge is 0.500 e. The molecule has 4 nitrogen and oxygen atoms in total. The topological polar surface area (TPSA) is 40.6 Å².